The number of methoxy groups -OCH3 is 1. The molecule has 2 rings (SSSR count). The normalized spacial score (nSPS) is 11.7. The van der Waals surface area contributed by atoms with Crippen LogP contribution >= 0.6 is 11.3 Å². The maximum absolute atomic E-state index is 12.0. The molecule has 0 unspecified atom stereocenters. The Balaban J connectivity index is 1.93. The lowest BCUT2D eigenvalue weighted by atomic mass is 10.1. The fourth-order valence-electron chi connectivity index (χ4n) is 2.20. The molecule has 1 heterocycles. The number of nitrogens with one attached hydrogen (secondary N) is 2. The van der Waals surface area contributed by atoms with Gasteiger partial charge in [-0.05, 0) is 38.5 Å². The number of carbonyl (C=O) groups excluding carboxylic acids is 1. The minimum Gasteiger partial charge on any atom is -0.493 e. The van der Waals surface area contributed by atoms with E-state index < -0.39 is 0 Å². The van der Waals surface area contributed by atoms with E-state index in [-0.39, 0.29) is 12.1 Å². The number of ether oxygens (including phenoxy) is 2. The van der Waals surface area contributed by atoms with Crippen LogP contribution in [0.5, 0.6) is 11.5 Å². The van der Waals surface area contributed by atoms with Gasteiger partial charge in [-0.15, -0.1) is 11.3 Å². The van der Waals surface area contributed by atoms with E-state index in [9.17, 15) is 4.79 Å². The first-order valence-electron chi connectivity index (χ1n) is 7.79. The van der Waals surface area contributed by atoms with Crippen LogP contribution in [-0.4, -0.2) is 24.7 Å². The zero-order valence-electron chi connectivity index (χ0n) is 14.4. The van der Waals surface area contributed by atoms with E-state index >= 15 is 0 Å². The van der Waals surface area contributed by atoms with E-state index in [0.29, 0.717) is 24.7 Å². The third-order valence-electron chi connectivity index (χ3n) is 3.40. The van der Waals surface area contributed by atoms with Gasteiger partial charge in [0.2, 0.25) is 0 Å². The van der Waals surface area contributed by atoms with Gasteiger partial charge < -0.3 is 20.1 Å². The van der Waals surface area contributed by atoms with Crippen LogP contribution in [0.1, 0.15) is 36.2 Å². The number of rotatable bonds is 7. The van der Waals surface area contributed by atoms with Gasteiger partial charge in [-0.1, -0.05) is 6.07 Å². The molecule has 0 bridgehead atoms. The Hall–Kier alpha value is -2.28. The maximum Gasteiger partial charge on any atom is 0.315 e. The van der Waals surface area contributed by atoms with Crippen LogP contribution in [0.2, 0.25) is 0 Å². The van der Waals surface area contributed by atoms with Crippen LogP contribution < -0.4 is 20.1 Å². The fraction of sp³-hybridized carbons (Fsp3) is 0.412. The third-order valence-corrected chi connectivity index (χ3v) is 4.37. The predicted octanol–water partition coefficient (Wildman–Crippen LogP) is 3.42. The van der Waals surface area contributed by atoms with Crippen molar-refractivity contribution in [2.75, 3.05) is 13.7 Å². The largest absolute Gasteiger partial charge is 0.493 e. The molecule has 1 atom stereocenters. The number of aromatic nitrogens is 1. The van der Waals surface area contributed by atoms with Crippen LogP contribution in [-0.2, 0) is 6.54 Å². The lowest BCUT2D eigenvalue weighted by Gasteiger charge is -2.17. The minimum absolute atomic E-state index is 0.160. The van der Waals surface area contributed by atoms with Crippen molar-refractivity contribution < 1.29 is 14.3 Å². The summed E-state index contributed by atoms with van der Waals surface area (Å²) in [6.45, 7) is 6.77. The van der Waals surface area contributed by atoms with Crippen LogP contribution in [0.3, 0.4) is 0 Å². The van der Waals surface area contributed by atoms with Gasteiger partial charge in [0, 0.05) is 11.1 Å². The molecule has 0 saturated carbocycles. The van der Waals surface area contributed by atoms with E-state index in [1.165, 1.54) is 11.3 Å². The number of urea groups is 1. The van der Waals surface area contributed by atoms with Gasteiger partial charge in [-0.25, -0.2) is 9.78 Å². The van der Waals surface area contributed by atoms with Gasteiger partial charge >= 0.3 is 6.03 Å². The monoisotopic (exact) mass is 349 g/mol. The Morgan fingerprint density at radius 3 is 2.79 bits per heavy atom. The van der Waals surface area contributed by atoms with E-state index in [0.717, 1.165) is 16.3 Å². The Labute approximate surface area is 146 Å². The highest BCUT2D eigenvalue weighted by molar-refractivity contribution is 7.09. The summed E-state index contributed by atoms with van der Waals surface area (Å²) in [6, 6.07) is 5.25. The lowest BCUT2D eigenvalue weighted by Crippen LogP contribution is -2.36. The molecule has 0 aliphatic rings. The molecule has 0 spiro atoms. The molecule has 7 heteroatoms. The van der Waals surface area contributed by atoms with E-state index in [1.807, 2.05) is 44.4 Å². The van der Waals surface area contributed by atoms with Gasteiger partial charge in [-0.3, -0.25) is 0 Å². The van der Waals surface area contributed by atoms with E-state index in [4.69, 9.17) is 9.47 Å². The Morgan fingerprint density at radius 1 is 1.38 bits per heavy atom. The first kappa shape index (κ1) is 18.1. The molecule has 2 N–H and O–H groups in total. The zero-order chi connectivity index (χ0) is 17.5. The zero-order valence-corrected chi connectivity index (χ0v) is 15.2. The molecule has 0 fully saturated rings. The van der Waals surface area contributed by atoms with Gasteiger partial charge in [0.05, 0.1) is 26.3 Å². The lowest BCUT2D eigenvalue weighted by molar-refractivity contribution is 0.237. The summed E-state index contributed by atoms with van der Waals surface area (Å²) in [5, 5.41) is 8.57. The molecule has 0 aliphatic heterocycles. The molecular formula is C17H23N3O3S. The molecule has 0 radical (unpaired) electrons. The van der Waals surface area contributed by atoms with E-state index in [1.54, 1.807) is 7.11 Å². The smallest absolute Gasteiger partial charge is 0.315 e. The summed E-state index contributed by atoms with van der Waals surface area (Å²) in [7, 11) is 1.60. The van der Waals surface area contributed by atoms with Gasteiger partial charge in [0.15, 0.2) is 11.5 Å². The first-order valence-corrected chi connectivity index (χ1v) is 8.67. The van der Waals surface area contributed by atoms with Crippen LogP contribution in [0.15, 0.2) is 23.6 Å². The minimum atomic E-state index is -0.233. The average Bonchev–Trinajstić information content (AvgIpc) is 2.99. The number of hydrogen-bond acceptors (Lipinski definition) is 5. The summed E-state index contributed by atoms with van der Waals surface area (Å²) in [5.74, 6) is 1.35. The van der Waals surface area contributed by atoms with Crippen molar-refractivity contribution in [1.29, 1.82) is 0 Å². The average molecular weight is 349 g/mol. The Morgan fingerprint density at radius 2 is 2.17 bits per heavy atom. The molecule has 1 aromatic heterocycles. The summed E-state index contributed by atoms with van der Waals surface area (Å²) in [4.78, 5) is 16.3. The number of nitrogens with zero attached hydrogens (tertiary/aromatic N) is 1. The number of carbonyl (C=O) groups is 1. The Bertz CT molecular complexity index is 687. The third kappa shape index (κ3) is 4.86. The highest BCUT2D eigenvalue weighted by Crippen LogP contribution is 2.30. The second-order valence-corrected chi connectivity index (χ2v) is 6.22. The van der Waals surface area contributed by atoms with Crippen molar-refractivity contribution in [3.8, 4) is 11.5 Å². The van der Waals surface area contributed by atoms with Gasteiger partial charge in [0.25, 0.3) is 0 Å². The van der Waals surface area contributed by atoms with Crippen LogP contribution in [0.25, 0.3) is 0 Å². The molecule has 130 valence electrons. The molecule has 24 heavy (non-hydrogen) atoms. The predicted molar refractivity (Wildman–Crippen MR) is 94.8 cm³/mol. The van der Waals surface area contributed by atoms with Gasteiger partial charge in [0.1, 0.15) is 5.01 Å². The highest BCUT2D eigenvalue weighted by atomic mass is 32.1. The number of aryl methyl sites for hydroxylation is 1. The van der Waals surface area contributed by atoms with E-state index in [2.05, 4.69) is 15.6 Å². The summed E-state index contributed by atoms with van der Waals surface area (Å²) < 4.78 is 10.8. The molecule has 2 aromatic rings. The number of amides is 2. The van der Waals surface area contributed by atoms with Crippen LogP contribution in [0, 0.1) is 6.92 Å². The Kier molecular flexibility index (Phi) is 6.43. The standard InChI is InChI=1S/C17H23N3O3S/c1-5-23-14-7-6-13(8-15(14)22-4)12(3)20-17(21)18-9-16-19-11(2)10-24-16/h6-8,10,12H,5,9H2,1-4H3,(H2,18,20,21)/t12-/m0/s1. The number of benzene rings is 1. The molecule has 0 saturated heterocycles. The summed E-state index contributed by atoms with van der Waals surface area (Å²) in [6.07, 6.45) is 0. The van der Waals surface area contributed by atoms with Crippen LogP contribution in [0.4, 0.5) is 4.79 Å². The topological polar surface area (TPSA) is 72.5 Å². The number of hydrogen-bond donors (Lipinski definition) is 2. The summed E-state index contributed by atoms with van der Waals surface area (Å²) in [5.41, 5.74) is 1.91. The van der Waals surface area contributed by atoms with Crippen molar-refractivity contribution in [3.63, 3.8) is 0 Å². The van der Waals surface area contributed by atoms with Crippen molar-refractivity contribution in [1.82, 2.24) is 15.6 Å². The van der Waals surface area contributed by atoms with Crippen molar-refractivity contribution in [2.45, 2.75) is 33.4 Å². The second-order valence-electron chi connectivity index (χ2n) is 5.27. The fourth-order valence-corrected chi connectivity index (χ4v) is 2.91. The number of thiazole rings is 1. The van der Waals surface area contributed by atoms with Crippen molar-refractivity contribution in [3.05, 3.63) is 39.8 Å². The molecule has 1 aromatic carbocycles. The molecule has 0 aliphatic carbocycles. The molecule has 6 nitrogen and oxygen atoms in total. The van der Waals surface area contributed by atoms with Crippen molar-refractivity contribution >= 4 is 17.4 Å². The van der Waals surface area contributed by atoms with Gasteiger partial charge in [-0.2, -0.15) is 0 Å². The molecular weight excluding hydrogens is 326 g/mol. The second kappa shape index (κ2) is 8.54. The maximum atomic E-state index is 12.0. The highest BCUT2D eigenvalue weighted by Gasteiger charge is 2.13. The van der Waals surface area contributed by atoms with Crippen molar-refractivity contribution in [2.24, 2.45) is 0 Å². The first-order chi connectivity index (χ1) is 11.5. The SMILES string of the molecule is CCOc1ccc([C@H](C)NC(=O)NCc2nc(C)cs2)cc1OC. The molecule has 2 amide bonds. The summed E-state index contributed by atoms with van der Waals surface area (Å²) >= 11 is 1.53. The quantitative estimate of drug-likeness (QED) is 0.803.